The third-order valence-corrected chi connectivity index (χ3v) is 8.81. The molecule has 1 saturated heterocycles. The summed E-state index contributed by atoms with van der Waals surface area (Å²) in [6.07, 6.45) is 5.21. The van der Waals surface area contributed by atoms with Crippen molar-refractivity contribution in [2.75, 3.05) is 39.4 Å². The maximum Gasteiger partial charge on any atom is 0.236 e. The number of nitrogens with zero attached hydrogens (tertiary/aromatic N) is 1. The molecule has 0 spiro atoms. The molecule has 1 aromatic heterocycles. The molecule has 1 atom stereocenters. The number of fused-ring (bicyclic) bond motifs is 1. The lowest BCUT2D eigenvalue weighted by molar-refractivity contribution is -0.121. The number of carbonyl (C=O) groups excluding carboxylic acids is 1. The van der Waals surface area contributed by atoms with Crippen LogP contribution in [0, 0.1) is 0 Å². The van der Waals surface area contributed by atoms with Crippen LogP contribution < -0.4 is 20.5 Å². The topological polar surface area (TPSA) is 76.8 Å². The van der Waals surface area contributed by atoms with Crippen molar-refractivity contribution < 1.29 is 14.3 Å². The van der Waals surface area contributed by atoms with Gasteiger partial charge < -0.3 is 20.5 Å². The number of halogens is 2. The summed E-state index contributed by atoms with van der Waals surface area (Å²) in [7, 11) is 0. The molecule has 1 fully saturated rings. The fraction of sp³-hybridized carbons (Fsp3) is 0.382. The summed E-state index contributed by atoms with van der Waals surface area (Å²) in [4.78, 5) is 15.3. The van der Waals surface area contributed by atoms with Gasteiger partial charge in [-0.2, -0.15) is 0 Å². The maximum atomic E-state index is 11.5. The van der Waals surface area contributed by atoms with Crippen LogP contribution in [0.3, 0.4) is 0 Å². The molecular formula is C34H43Cl2N3O3S. The van der Waals surface area contributed by atoms with Crippen LogP contribution in [0.5, 0.6) is 11.5 Å². The first-order valence-corrected chi connectivity index (χ1v) is 15.6. The number of nitrogens with two attached hydrogens (primary N) is 1. The van der Waals surface area contributed by atoms with Gasteiger partial charge in [0.25, 0.3) is 0 Å². The monoisotopic (exact) mass is 643 g/mol. The first-order valence-electron chi connectivity index (χ1n) is 14.8. The van der Waals surface area contributed by atoms with Crippen LogP contribution in [0.25, 0.3) is 20.5 Å². The summed E-state index contributed by atoms with van der Waals surface area (Å²) in [5.74, 6) is 1.68. The van der Waals surface area contributed by atoms with Crippen LogP contribution in [0.15, 0.2) is 72.8 Å². The summed E-state index contributed by atoms with van der Waals surface area (Å²) in [5, 5.41) is 4.15. The fourth-order valence-electron chi connectivity index (χ4n) is 5.21. The lowest BCUT2D eigenvalue weighted by atomic mass is 9.99. The molecule has 9 heteroatoms. The van der Waals surface area contributed by atoms with Crippen molar-refractivity contribution in [1.82, 2.24) is 10.2 Å². The van der Waals surface area contributed by atoms with Crippen molar-refractivity contribution in [3.8, 4) is 21.9 Å². The van der Waals surface area contributed by atoms with E-state index >= 15 is 0 Å². The zero-order chi connectivity index (χ0) is 28.4. The van der Waals surface area contributed by atoms with Crippen molar-refractivity contribution in [2.45, 2.75) is 45.1 Å². The van der Waals surface area contributed by atoms with Crippen LogP contribution in [0.4, 0.5) is 0 Å². The van der Waals surface area contributed by atoms with E-state index in [9.17, 15) is 4.79 Å². The largest absolute Gasteiger partial charge is 0.494 e. The average Bonchev–Trinajstić information content (AvgIpc) is 3.64. The van der Waals surface area contributed by atoms with Crippen LogP contribution in [-0.4, -0.2) is 56.2 Å². The van der Waals surface area contributed by atoms with Gasteiger partial charge >= 0.3 is 0 Å². The molecule has 6 nitrogen and oxygen atoms in total. The van der Waals surface area contributed by atoms with Gasteiger partial charge in [0.15, 0.2) is 0 Å². The van der Waals surface area contributed by atoms with Crippen LogP contribution in [0.2, 0.25) is 0 Å². The summed E-state index contributed by atoms with van der Waals surface area (Å²) in [6, 6.07) is 25.2. The number of nitrogens with one attached hydrogen (secondary N) is 1. The van der Waals surface area contributed by atoms with E-state index in [-0.39, 0.29) is 30.7 Å². The van der Waals surface area contributed by atoms with E-state index in [1.165, 1.54) is 57.6 Å². The highest BCUT2D eigenvalue weighted by atomic mass is 35.5. The number of benzene rings is 3. The fourth-order valence-corrected chi connectivity index (χ4v) is 6.43. The molecule has 3 N–H and O–H groups in total. The second-order valence-electron chi connectivity index (χ2n) is 10.8. The van der Waals surface area contributed by atoms with Gasteiger partial charge in [0.2, 0.25) is 5.91 Å². The quantitative estimate of drug-likeness (QED) is 0.143. The smallest absolute Gasteiger partial charge is 0.236 e. The molecule has 43 heavy (non-hydrogen) atoms. The SMILES string of the molecule is C[C@H](N)C(=O)NCCCCOc1ccc(-c2sc3ccccc3c2Cc2ccc(OCCN3CCCC3)cc2)cc1.Cl.Cl. The molecule has 4 aromatic rings. The van der Waals surface area contributed by atoms with Gasteiger partial charge in [-0.15, -0.1) is 36.2 Å². The minimum Gasteiger partial charge on any atom is -0.494 e. The molecular weight excluding hydrogens is 601 g/mol. The van der Waals surface area contributed by atoms with Gasteiger partial charge in [0.1, 0.15) is 18.1 Å². The first kappa shape index (κ1) is 34.7. The maximum absolute atomic E-state index is 11.5. The summed E-state index contributed by atoms with van der Waals surface area (Å²) >= 11 is 1.85. The van der Waals surface area contributed by atoms with Crippen LogP contribution in [0.1, 0.15) is 43.7 Å². The van der Waals surface area contributed by atoms with E-state index in [0.29, 0.717) is 13.2 Å². The molecule has 0 unspecified atom stereocenters. The second-order valence-corrected chi connectivity index (χ2v) is 11.8. The zero-order valence-corrected chi connectivity index (χ0v) is 27.2. The van der Waals surface area contributed by atoms with Crippen molar-refractivity contribution in [2.24, 2.45) is 5.73 Å². The molecule has 0 aliphatic carbocycles. The summed E-state index contributed by atoms with van der Waals surface area (Å²) in [6.45, 7) is 7.06. The number of ether oxygens (including phenoxy) is 2. The Balaban J connectivity index is 0.00000253. The Morgan fingerprint density at radius 3 is 2.26 bits per heavy atom. The highest BCUT2D eigenvalue weighted by Crippen LogP contribution is 2.40. The van der Waals surface area contributed by atoms with Gasteiger partial charge in [-0.05, 0) is 117 Å². The first-order chi connectivity index (χ1) is 20.1. The Bertz CT molecular complexity index is 1400. The molecule has 1 amide bonds. The average molecular weight is 645 g/mol. The number of hydrogen-bond donors (Lipinski definition) is 2. The van der Waals surface area contributed by atoms with Gasteiger partial charge in [0.05, 0.1) is 12.6 Å². The van der Waals surface area contributed by atoms with Crippen molar-refractivity contribution in [3.63, 3.8) is 0 Å². The standard InChI is InChI=1S/C34H41N3O3S.2ClH/c1-25(35)34(38)36-18-4-7-22-39-29-16-12-27(13-17-29)33-31(30-8-2-3-9-32(30)41-33)24-26-10-14-28(15-11-26)40-23-21-37-19-5-6-20-37;;/h2-3,8-17,25H,4-7,18-24,35H2,1H3,(H,36,38);2*1H/t25-;;/m0../s1. The minimum absolute atomic E-state index is 0. The molecule has 0 bridgehead atoms. The number of thiophene rings is 1. The molecule has 0 saturated carbocycles. The molecule has 2 heterocycles. The van der Waals surface area contributed by atoms with E-state index in [2.05, 4.69) is 83.0 Å². The summed E-state index contributed by atoms with van der Waals surface area (Å²) < 4.78 is 13.3. The van der Waals surface area contributed by atoms with Crippen molar-refractivity contribution in [1.29, 1.82) is 0 Å². The van der Waals surface area contributed by atoms with Crippen LogP contribution in [-0.2, 0) is 11.2 Å². The minimum atomic E-state index is -0.472. The van der Waals surface area contributed by atoms with Gasteiger partial charge in [0, 0.05) is 22.7 Å². The molecule has 1 aliphatic heterocycles. The number of rotatable bonds is 14. The molecule has 3 aromatic carbocycles. The Morgan fingerprint density at radius 1 is 0.907 bits per heavy atom. The number of hydrogen-bond acceptors (Lipinski definition) is 6. The van der Waals surface area contributed by atoms with Crippen molar-refractivity contribution in [3.05, 3.63) is 83.9 Å². The molecule has 5 rings (SSSR count). The number of amides is 1. The van der Waals surface area contributed by atoms with E-state index in [0.717, 1.165) is 43.9 Å². The van der Waals surface area contributed by atoms with E-state index in [1.54, 1.807) is 6.92 Å². The zero-order valence-electron chi connectivity index (χ0n) is 24.8. The van der Waals surface area contributed by atoms with Gasteiger partial charge in [-0.25, -0.2) is 0 Å². The molecule has 0 radical (unpaired) electrons. The normalized spacial score (nSPS) is 13.6. The Hall–Kier alpha value is -2.81. The highest BCUT2D eigenvalue weighted by Gasteiger charge is 2.15. The molecule has 232 valence electrons. The van der Waals surface area contributed by atoms with Gasteiger partial charge in [-0.1, -0.05) is 30.3 Å². The Kier molecular flexibility index (Phi) is 14.1. The third kappa shape index (κ3) is 9.85. The predicted molar refractivity (Wildman–Crippen MR) is 184 cm³/mol. The highest BCUT2D eigenvalue weighted by molar-refractivity contribution is 7.22. The van der Waals surface area contributed by atoms with E-state index in [4.69, 9.17) is 15.2 Å². The van der Waals surface area contributed by atoms with E-state index < -0.39 is 6.04 Å². The van der Waals surface area contributed by atoms with Crippen molar-refractivity contribution >= 4 is 52.1 Å². The second kappa shape index (κ2) is 17.5. The van der Waals surface area contributed by atoms with Crippen LogP contribution >= 0.6 is 36.2 Å². The number of unbranched alkanes of at least 4 members (excludes halogenated alkanes) is 1. The Labute approximate surface area is 271 Å². The lowest BCUT2D eigenvalue weighted by Crippen LogP contribution is -2.38. The van der Waals surface area contributed by atoms with Gasteiger partial charge in [-0.3, -0.25) is 9.69 Å². The number of likely N-dealkylation sites (tertiary alicyclic amines) is 1. The lowest BCUT2D eigenvalue weighted by Gasteiger charge is -2.15. The molecule has 1 aliphatic rings. The van der Waals surface area contributed by atoms with E-state index in [1.807, 2.05) is 11.3 Å². The third-order valence-electron chi connectivity index (χ3n) is 7.55. The number of carbonyl (C=O) groups is 1. The summed E-state index contributed by atoms with van der Waals surface area (Å²) in [5.41, 5.74) is 9.41. The predicted octanol–water partition coefficient (Wildman–Crippen LogP) is 7.10. The Morgan fingerprint density at radius 2 is 1.56 bits per heavy atom.